The zero-order chi connectivity index (χ0) is 16.0. The Morgan fingerprint density at radius 3 is 2.09 bits per heavy atom. The molecule has 0 saturated heterocycles. The monoisotopic (exact) mass is 307 g/mol. The van der Waals surface area contributed by atoms with Crippen LogP contribution in [0.5, 0.6) is 0 Å². The predicted octanol–water partition coefficient (Wildman–Crippen LogP) is 5.89. The summed E-state index contributed by atoms with van der Waals surface area (Å²) in [4.78, 5) is 3.49. The molecule has 1 nitrogen and oxygen atoms in total. The van der Waals surface area contributed by atoms with Crippen LogP contribution in [-0.2, 0) is 12.6 Å². The first-order chi connectivity index (χ1) is 10.5. The van der Waals surface area contributed by atoms with E-state index in [1.165, 1.54) is 43.5 Å². The fraction of sp³-hybridized carbons (Fsp3) is 0.389. The van der Waals surface area contributed by atoms with Crippen molar-refractivity contribution in [2.45, 2.75) is 45.2 Å². The Labute approximate surface area is 129 Å². The number of benzene rings is 1. The molecule has 118 valence electrons. The number of aryl methyl sites for hydroxylation is 1. The fourth-order valence-corrected chi connectivity index (χ4v) is 2.35. The van der Waals surface area contributed by atoms with Gasteiger partial charge in [-0.1, -0.05) is 56.5 Å². The van der Waals surface area contributed by atoms with Crippen molar-refractivity contribution in [2.75, 3.05) is 0 Å². The molecule has 1 aromatic carbocycles. The SMILES string of the molecule is CCCCCCc1ccc(-c2ccc(C(F)(F)F)nc2)cc1. The van der Waals surface area contributed by atoms with Gasteiger partial charge in [0.1, 0.15) is 5.69 Å². The van der Waals surface area contributed by atoms with E-state index in [1.54, 1.807) is 0 Å². The number of unbranched alkanes of at least 4 members (excludes halogenated alkanes) is 3. The molecule has 4 heteroatoms. The number of halogens is 3. The van der Waals surface area contributed by atoms with E-state index >= 15 is 0 Å². The Bertz CT molecular complexity index is 571. The minimum Gasteiger partial charge on any atom is -0.251 e. The summed E-state index contributed by atoms with van der Waals surface area (Å²) in [5.41, 5.74) is 1.99. The van der Waals surface area contributed by atoms with E-state index in [1.807, 2.05) is 24.3 Å². The van der Waals surface area contributed by atoms with Crippen LogP contribution in [0.15, 0.2) is 42.6 Å². The molecule has 0 amide bonds. The lowest BCUT2D eigenvalue weighted by atomic mass is 10.0. The lowest BCUT2D eigenvalue weighted by molar-refractivity contribution is -0.141. The first-order valence-corrected chi connectivity index (χ1v) is 7.63. The zero-order valence-corrected chi connectivity index (χ0v) is 12.7. The number of alkyl halides is 3. The summed E-state index contributed by atoms with van der Waals surface area (Å²) in [5.74, 6) is 0. The highest BCUT2D eigenvalue weighted by atomic mass is 19.4. The molecule has 1 heterocycles. The van der Waals surface area contributed by atoms with Crippen LogP contribution in [0.3, 0.4) is 0 Å². The number of hydrogen-bond acceptors (Lipinski definition) is 1. The number of hydrogen-bond donors (Lipinski definition) is 0. The van der Waals surface area contributed by atoms with Gasteiger partial charge in [0.2, 0.25) is 0 Å². The van der Waals surface area contributed by atoms with Gasteiger partial charge in [0, 0.05) is 11.8 Å². The molecule has 0 unspecified atom stereocenters. The molecule has 0 saturated carbocycles. The van der Waals surface area contributed by atoms with Crippen LogP contribution in [0.1, 0.15) is 43.9 Å². The molecule has 0 atom stereocenters. The second-order valence-electron chi connectivity index (χ2n) is 5.44. The standard InChI is InChI=1S/C18H20F3N/c1-2-3-4-5-6-14-7-9-15(10-8-14)16-11-12-17(22-13-16)18(19,20)21/h7-13H,2-6H2,1H3. The quantitative estimate of drug-likeness (QED) is 0.606. The average Bonchev–Trinajstić information content (AvgIpc) is 2.51. The highest BCUT2D eigenvalue weighted by molar-refractivity contribution is 5.62. The Kier molecular flexibility index (Phi) is 5.58. The third-order valence-electron chi connectivity index (χ3n) is 3.66. The molecule has 0 aliphatic heterocycles. The summed E-state index contributed by atoms with van der Waals surface area (Å²) in [5, 5.41) is 0. The molecular weight excluding hydrogens is 287 g/mol. The normalized spacial score (nSPS) is 11.6. The summed E-state index contributed by atoms with van der Waals surface area (Å²) in [6, 6.07) is 10.5. The number of nitrogens with zero attached hydrogens (tertiary/aromatic N) is 1. The van der Waals surface area contributed by atoms with Gasteiger partial charge in [-0.05, 0) is 30.0 Å². The summed E-state index contributed by atoms with van der Waals surface area (Å²) < 4.78 is 37.5. The van der Waals surface area contributed by atoms with E-state index in [-0.39, 0.29) is 0 Å². The smallest absolute Gasteiger partial charge is 0.251 e. The molecular formula is C18H20F3N. The van der Waals surface area contributed by atoms with Gasteiger partial charge in [0.05, 0.1) is 0 Å². The Balaban J connectivity index is 2.01. The molecule has 22 heavy (non-hydrogen) atoms. The van der Waals surface area contributed by atoms with Crippen molar-refractivity contribution < 1.29 is 13.2 Å². The molecule has 0 N–H and O–H groups in total. The summed E-state index contributed by atoms with van der Waals surface area (Å²) in [6.45, 7) is 2.19. The van der Waals surface area contributed by atoms with E-state index in [0.717, 1.165) is 18.1 Å². The molecule has 0 aliphatic rings. The van der Waals surface area contributed by atoms with Crippen molar-refractivity contribution in [1.82, 2.24) is 4.98 Å². The zero-order valence-electron chi connectivity index (χ0n) is 12.7. The van der Waals surface area contributed by atoms with Crippen LogP contribution in [0.25, 0.3) is 11.1 Å². The lowest BCUT2D eigenvalue weighted by Gasteiger charge is -2.07. The molecule has 0 aliphatic carbocycles. The topological polar surface area (TPSA) is 12.9 Å². The maximum Gasteiger partial charge on any atom is 0.433 e. The number of rotatable bonds is 6. The van der Waals surface area contributed by atoms with Crippen LogP contribution in [-0.4, -0.2) is 4.98 Å². The summed E-state index contributed by atoms with van der Waals surface area (Å²) in [6.07, 6.45) is 2.83. The minimum atomic E-state index is -4.39. The molecule has 2 rings (SSSR count). The van der Waals surface area contributed by atoms with Gasteiger partial charge in [0.15, 0.2) is 0 Å². The van der Waals surface area contributed by atoms with Gasteiger partial charge in [-0.2, -0.15) is 13.2 Å². The molecule has 1 aromatic heterocycles. The van der Waals surface area contributed by atoms with Crippen molar-refractivity contribution in [3.63, 3.8) is 0 Å². The van der Waals surface area contributed by atoms with Gasteiger partial charge >= 0.3 is 6.18 Å². The predicted molar refractivity (Wildman–Crippen MR) is 82.5 cm³/mol. The minimum absolute atomic E-state index is 0.700. The van der Waals surface area contributed by atoms with Gasteiger partial charge in [-0.25, -0.2) is 0 Å². The first-order valence-electron chi connectivity index (χ1n) is 7.63. The second-order valence-corrected chi connectivity index (χ2v) is 5.44. The van der Waals surface area contributed by atoms with Gasteiger partial charge in [-0.15, -0.1) is 0 Å². The van der Waals surface area contributed by atoms with E-state index in [0.29, 0.717) is 5.56 Å². The van der Waals surface area contributed by atoms with Crippen LogP contribution in [0.2, 0.25) is 0 Å². The van der Waals surface area contributed by atoms with Crippen molar-refractivity contribution in [3.8, 4) is 11.1 Å². The summed E-state index contributed by atoms with van der Waals surface area (Å²) >= 11 is 0. The maximum atomic E-state index is 12.5. The molecule has 0 bridgehead atoms. The lowest BCUT2D eigenvalue weighted by Crippen LogP contribution is -2.07. The van der Waals surface area contributed by atoms with E-state index in [2.05, 4.69) is 11.9 Å². The first kappa shape index (κ1) is 16.5. The average molecular weight is 307 g/mol. The van der Waals surface area contributed by atoms with E-state index < -0.39 is 11.9 Å². The van der Waals surface area contributed by atoms with Crippen molar-refractivity contribution in [2.24, 2.45) is 0 Å². The Morgan fingerprint density at radius 1 is 0.864 bits per heavy atom. The van der Waals surface area contributed by atoms with Gasteiger partial charge in [-0.3, -0.25) is 4.98 Å². The second kappa shape index (κ2) is 7.43. The van der Waals surface area contributed by atoms with Crippen molar-refractivity contribution >= 4 is 0 Å². The third-order valence-corrected chi connectivity index (χ3v) is 3.66. The number of aromatic nitrogens is 1. The number of pyridine rings is 1. The Hall–Kier alpha value is -1.84. The van der Waals surface area contributed by atoms with E-state index in [4.69, 9.17) is 0 Å². The third kappa shape index (κ3) is 4.58. The van der Waals surface area contributed by atoms with Crippen LogP contribution >= 0.6 is 0 Å². The largest absolute Gasteiger partial charge is 0.433 e. The molecule has 0 fully saturated rings. The molecule has 0 spiro atoms. The van der Waals surface area contributed by atoms with Crippen LogP contribution in [0, 0.1) is 0 Å². The maximum absolute atomic E-state index is 12.5. The molecule has 2 aromatic rings. The summed E-state index contributed by atoms with van der Waals surface area (Å²) in [7, 11) is 0. The Morgan fingerprint density at radius 2 is 1.55 bits per heavy atom. The van der Waals surface area contributed by atoms with Crippen molar-refractivity contribution in [3.05, 3.63) is 53.9 Å². The van der Waals surface area contributed by atoms with E-state index in [9.17, 15) is 13.2 Å². The van der Waals surface area contributed by atoms with Gasteiger partial charge in [0.25, 0.3) is 0 Å². The van der Waals surface area contributed by atoms with Crippen LogP contribution in [0.4, 0.5) is 13.2 Å². The molecule has 0 radical (unpaired) electrons. The van der Waals surface area contributed by atoms with Gasteiger partial charge < -0.3 is 0 Å². The highest BCUT2D eigenvalue weighted by Gasteiger charge is 2.31. The highest BCUT2D eigenvalue weighted by Crippen LogP contribution is 2.29. The van der Waals surface area contributed by atoms with Crippen molar-refractivity contribution in [1.29, 1.82) is 0 Å². The van der Waals surface area contributed by atoms with Crippen LogP contribution < -0.4 is 0 Å². The fourth-order valence-electron chi connectivity index (χ4n) is 2.35.